The van der Waals surface area contributed by atoms with Gasteiger partial charge in [-0.1, -0.05) is 23.9 Å². The Morgan fingerprint density at radius 2 is 1.91 bits per heavy atom. The smallest absolute Gasteiger partial charge is 0.413 e. The molecule has 0 aliphatic heterocycles. The lowest BCUT2D eigenvalue weighted by Gasteiger charge is -2.27. The number of carbonyl (C=O) groups is 1. The first-order valence-corrected chi connectivity index (χ1v) is 12.8. The summed E-state index contributed by atoms with van der Waals surface area (Å²) in [5, 5.41) is 31.2. The zero-order valence-electron chi connectivity index (χ0n) is 21.1. The number of hydrogen-bond donors (Lipinski definition) is 3. The van der Waals surface area contributed by atoms with Gasteiger partial charge in [-0.2, -0.15) is 0 Å². The fraction of sp³-hybridized carbons (Fsp3) is 0.773. The molecule has 1 aliphatic rings. The second-order valence-electron chi connectivity index (χ2n) is 9.90. The summed E-state index contributed by atoms with van der Waals surface area (Å²) in [6, 6.07) is -0.190. The van der Waals surface area contributed by atoms with Gasteiger partial charge < -0.3 is 24.4 Å². The van der Waals surface area contributed by atoms with Crippen LogP contribution in [0.3, 0.4) is 0 Å². The minimum atomic E-state index is -1.35. The van der Waals surface area contributed by atoms with Gasteiger partial charge in [0, 0.05) is 5.75 Å². The van der Waals surface area contributed by atoms with Crippen LogP contribution in [0.1, 0.15) is 66.8 Å². The van der Waals surface area contributed by atoms with Crippen molar-refractivity contribution in [2.45, 2.75) is 95.6 Å². The number of rotatable bonds is 10. The third-order valence-electron chi connectivity index (χ3n) is 4.99. The average molecular weight is 513 g/mol. The normalized spacial score (nSPS) is 21.0. The van der Waals surface area contributed by atoms with E-state index in [-0.39, 0.29) is 31.2 Å². The van der Waals surface area contributed by atoms with Gasteiger partial charge in [0.15, 0.2) is 27.9 Å². The van der Waals surface area contributed by atoms with Gasteiger partial charge in [0.25, 0.3) is 0 Å². The summed E-state index contributed by atoms with van der Waals surface area (Å²) in [5.41, 5.74) is 0.146. The molecule has 2 aromatic rings. The number of nitrogens with one attached hydrogen (secondary N) is 1. The van der Waals surface area contributed by atoms with Crippen molar-refractivity contribution in [3.05, 3.63) is 0 Å². The van der Waals surface area contributed by atoms with Gasteiger partial charge in [0.2, 0.25) is 0 Å². The van der Waals surface area contributed by atoms with Gasteiger partial charge in [-0.25, -0.2) is 19.4 Å². The first-order chi connectivity index (χ1) is 16.4. The van der Waals surface area contributed by atoms with E-state index < -0.39 is 23.6 Å². The van der Waals surface area contributed by atoms with Crippen LogP contribution < -0.4 is 5.32 Å². The number of hydrogen-bond acceptors (Lipinski definition) is 11. The maximum absolute atomic E-state index is 12.4. The molecular weight excluding hydrogens is 476 g/mol. The number of aromatic nitrogens is 5. The third-order valence-corrected chi connectivity index (χ3v) is 6.04. The molecule has 0 spiro atoms. The first kappa shape index (κ1) is 27.5. The molecule has 3 N–H and O–H groups in total. The lowest BCUT2D eigenvalue weighted by atomic mass is 10.2. The number of thioether (sulfide) groups is 1. The van der Waals surface area contributed by atoms with Gasteiger partial charge in [-0.05, 0) is 53.9 Å². The van der Waals surface area contributed by atoms with Crippen LogP contribution in [0.2, 0.25) is 0 Å². The van der Waals surface area contributed by atoms with Crippen molar-refractivity contribution in [1.82, 2.24) is 25.0 Å². The van der Waals surface area contributed by atoms with Crippen molar-refractivity contribution in [2.24, 2.45) is 0 Å². The number of aliphatic hydroxyl groups excluding tert-OH is 1. The van der Waals surface area contributed by atoms with Crippen LogP contribution in [0, 0.1) is 0 Å². The lowest BCUT2D eigenvalue weighted by molar-refractivity contribution is -0.224. The average Bonchev–Trinajstić information content (AvgIpc) is 3.32. The van der Waals surface area contributed by atoms with E-state index in [4.69, 9.17) is 14.2 Å². The molecule has 2 heterocycles. The third kappa shape index (κ3) is 7.71. The fourth-order valence-corrected chi connectivity index (χ4v) is 4.50. The van der Waals surface area contributed by atoms with Crippen molar-refractivity contribution >= 4 is 34.8 Å². The van der Waals surface area contributed by atoms with Gasteiger partial charge in [-0.3, -0.25) is 5.32 Å². The van der Waals surface area contributed by atoms with Crippen LogP contribution in [0.5, 0.6) is 0 Å². The number of aliphatic hydroxyl groups is 2. The quantitative estimate of drug-likeness (QED) is 0.244. The minimum Gasteiger partial charge on any atom is -0.444 e. The summed E-state index contributed by atoms with van der Waals surface area (Å²) < 4.78 is 18.7. The summed E-state index contributed by atoms with van der Waals surface area (Å²) in [6.45, 7) is 10.6. The highest BCUT2D eigenvalue weighted by Crippen LogP contribution is 2.37. The minimum absolute atomic E-state index is 0.117. The molecule has 3 rings (SSSR count). The molecule has 1 amide bonds. The molecule has 1 saturated carbocycles. The van der Waals surface area contributed by atoms with Crippen molar-refractivity contribution < 1.29 is 29.2 Å². The van der Waals surface area contributed by atoms with E-state index in [0.717, 1.165) is 12.2 Å². The van der Waals surface area contributed by atoms with Crippen LogP contribution >= 0.6 is 11.8 Å². The molecule has 0 saturated heterocycles. The summed E-state index contributed by atoms with van der Waals surface area (Å²) in [4.78, 5) is 21.6. The highest BCUT2D eigenvalue weighted by molar-refractivity contribution is 7.99. The zero-order chi connectivity index (χ0) is 25.8. The fourth-order valence-electron chi connectivity index (χ4n) is 3.81. The molecule has 196 valence electrons. The van der Waals surface area contributed by atoms with Gasteiger partial charge in [-0.15, -0.1) is 5.10 Å². The van der Waals surface area contributed by atoms with E-state index in [1.807, 2.05) is 0 Å². The summed E-state index contributed by atoms with van der Waals surface area (Å²) >= 11 is 1.47. The van der Waals surface area contributed by atoms with E-state index in [1.165, 1.54) is 11.8 Å². The molecule has 0 aromatic carbocycles. The predicted octanol–water partition coefficient (Wildman–Crippen LogP) is 2.90. The predicted molar refractivity (Wildman–Crippen MR) is 130 cm³/mol. The first-order valence-electron chi connectivity index (χ1n) is 11.8. The topological polar surface area (TPSA) is 154 Å². The Morgan fingerprint density at radius 3 is 2.54 bits per heavy atom. The van der Waals surface area contributed by atoms with E-state index in [1.54, 1.807) is 39.3 Å². The van der Waals surface area contributed by atoms with Crippen molar-refractivity contribution in [3.63, 3.8) is 0 Å². The van der Waals surface area contributed by atoms with Gasteiger partial charge >= 0.3 is 6.09 Å². The van der Waals surface area contributed by atoms with Crippen LogP contribution in [0.4, 0.5) is 10.6 Å². The largest absolute Gasteiger partial charge is 0.444 e. The molecule has 2 aromatic heterocycles. The van der Waals surface area contributed by atoms with Crippen molar-refractivity contribution in [2.75, 3.05) is 24.3 Å². The summed E-state index contributed by atoms with van der Waals surface area (Å²) in [5.74, 6) is -0.313. The molecule has 13 heteroatoms. The molecule has 35 heavy (non-hydrogen) atoms. The highest BCUT2D eigenvalue weighted by Gasteiger charge is 2.41. The maximum atomic E-state index is 12.4. The van der Waals surface area contributed by atoms with E-state index in [9.17, 15) is 15.0 Å². The Bertz CT molecular complexity index is 1000. The number of amides is 1. The molecule has 2 unspecified atom stereocenters. The van der Waals surface area contributed by atoms with E-state index >= 15 is 0 Å². The van der Waals surface area contributed by atoms with E-state index in [0.29, 0.717) is 29.2 Å². The standard InChI is InChI=1S/C22H36N6O6S/c1-7-10-35-19-23-17(24-20(30)34-21(2,3)4)16-18(25-19)28(27-26-16)13-11-14(32-9-8-29)15(12-13)33-22(5,6)31/h13-15,29,31H,7-12H2,1-6H3,(H,23,24,25,30)/t13?,14?,15-/m0/s1. The number of anilines is 1. The number of nitrogens with zero attached hydrogens (tertiary/aromatic N) is 5. The van der Waals surface area contributed by atoms with Gasteiger partial charge in [0.05, 0.1) is 31.5 Å². The molecule has 0 radical (unpaired) electrons. The Labute approximate surface area is 209 Å². The molecule has 1 fully saturated rings. The van der Waals surface area contributed by atoms with Gasteiger partial charge in [0.1, 0.15) is 5.60 Å². The Kier molecular flexibility index (Phi) is 8.91. The number of fused-ring (bicyclic) bond motifs is 1. The number of carbonyl (C=O) groups excluding carboxylic acids is 1. The summed E-state index contributed by atoms with van der Waals surface area (Å²) in [7, 11) is 0. The summed E-state index contributed by atoms with van der Waals surface area (Å²) in [6.07, 6.45) is 0.537. The lowest BCUT2D eigenvalue weighted by Crippen LogP contribution is -2.36. The molecule has 0 bridgehead atoms. The number of ether oxygens (including phenoxy) is 3. The molecule has 3 atom stereocenters. The van der Waals surface area contributed by atoms with Crippen LogP contribution in [0.25, 0.3) is 11.2 Å². The second kappa shape index (κ2) is 11.3. The molecule has 1 aliphatic carbocycles. The Hall–Kier alpha value is -2.06. The van der Waals surface area contributed by atoms with Crippen LogP contribution in [-0.4, -0.2) is 83.8 Å². The monoisotopic (exact) mass is 512 g/mol. The Balaban J connectivity index is 1.94. The highest BCUT2D eigenvalue weighted by atomic mass is 32.2. The zero-order valence-corrected chi connectivity index (χ0v) is 22.0. The van der Waals surface area contributed by atoms with Crippen LogP contribution in [-0.2, 0) is 14.2 Å². The Morgan fingerprint density at radius 1 is 1.20 bits per heavy atom. The van der Waals surface area contributed by atoms with E-state index in [2.05, 4.69) is 32.5 Å². The molecular formula is C22H36N6O6S. The van der Waals surface area contributed by atoms with Crippen molar-refractivity contribution in [3.8, 4) is 0 Å². The maximum Gasteiger partial charge on any atom is 0.413 e. The SMILES string of the molecule is CCCSc1nc(NC(=O)OC(C)(C)C)c2nnn(C3CC(OCCO)[C@@H](OC(C)(C)O)C3)c2n1. The second-order valence-corrected chi connectivity index (χ2v) is 11.0. The van der Waals surface area contributed by atoms with Crippen LogP contribution in [0.15, 0.2) is 5.16 Å². The molecule has 12 nitrogen and oxygen atoms in total. The van der Waals surface area contributed by atoms with Crippen molar-refractivity contribution in [1.29, 1.82) is 0 Å².